The number of rotatable bonds is 10. The largest absolute Gasteiger partial charge is 0.495 e. The minimum Gasteiger partial charge on any atom is -0.495 e. The fourth-order valence-electron chi connectivity index (χ4n) is 3.12. The maximum atomic E-state index is 12.5. The number of nitrogens with one attached hydrogen (secondary N) is 3. The third kappa shape index (κ3) is 7.40. The van der Waals surface area contributed by atoms with E-state index < -0.39 is 0 Å². The normalized spacial score (nSPS) is 12.7. The summed E-state index contributed by atoms with van der Waals surface area (Å²) in [5.41, 5.74) is 1.60. The van der Waals surface area contributed by atoms with Gasteiger partial charge in [-0.05, 0) is 43.2 Å². The van der Waals surface area contributed by atoms with Gasteiger partial charge in [-0.25, -0.2) is 0 Å². The highest BCUT2D eigenvalue weighted by Gasteiger charge is 2.20. The quantitative estimate of drug-likeness (QED) is 0.555. The van der Waals surface area contributed by atoms with Crippen LogP contribution < -0.4 is 20.3 Å². The molecule has 0 fully saturated rings. The Hall–Kier alpha value is -2.57. The number of para-hydroxylation sites is 2. The Kier molecular flexibility index (Phi) is 8.96. The number of anilines is 1. The summed E-state index contributed by atoms with van der Waals surface area (Å²) in [6, 6.07) is 14.5. The molecule has 29 heavy (non-hydrogen) atoms. The molecule has 2 atom stereocenters. The molecule has 3 N–H and O–H groups in total. The van der Waals surface area contributed by atoms with Crippen LogP contribution in [0.4, 0.5) is 5.69 Å². The molecule has 2 amide bonds. The van der Waals surface area contributed by atoms with Crippen LogP contribution in [-0.2, 0) is 9.59 Å². The molecule has 0 aliphatic carbocycles. The molecule has 2 aromatic carbocycles. The lowest BCUT2D eigenvalue weighted by Crippen LogP contribution is -3.14. The molecule has 1 unspecified atom stereocenters. The van der Waals surface area contributed by atoms with Crippen LogP contribution in [0.2, 0.25) is 5.02 Å². The van der Waals surface area contributed by atoms with Gasteiger partial charge in [-0.2, -0.15) is 0 Å². The zero-order chi connectivity index (χ0) is 21.2. The summed E-state index contributed by atoms with van der Waals surface area (Å²) >= 11 is 5.91. The van der Waals surface area contributed by atoms with Gasteiger partial charge in [-0.15, -0.1) is 0 Å². The van der Waals surface area contributed by atoms with Crippen LogP contribution in [0.5, 0.6) is 5.75 Å². The molecule has 6 nitrogen and oxygen atoms in total. The van der Waals surface area contributed by atoms with Crippen molar-refractivity contribution in [3.8, 4) is 5.75 Å². The molecule has 0 saturated heterocycles. The monoisotopic (exact) mass is 418 g/mol. The molecule has 7 heteroatoms. The van der Waals surface area contributed by atoms with Crippen LogP contribution in [-0.4, -0.2) is 38.6 Å². The molecule has 0 bridgehead atoms. The van der Waals surface area contributed by atoms with Crippen molar-refractivity contribution in [2.75, 3.05) is 32.1 Å². The van der Waals surface area contributed by atoms with Crippen LogP contribution in [0.15, 0.2) is 48.5 Å². The van der Waals surface area contributed by atoms with Crippen LogP contribution >= 0.6 is 11.6 Å². The minimum atomic E-state index is -0.156. The van der Waals surface area contributed by atoms with Gasteiger partial charge in [0.2, 0.25) is 0 Å². The Morgan fingerprint density at radius 3 is 2.38 bits per heavy atom. The maximum absolute atomic E-state index is 12.5. The lowest BCUT2D eigenvalue weighted by atomic mass is 10.1. The van der Waals surface area contributed by atoms with E-state index in [1.807, 2.05) is 38.1 Å². The Morgan fingerprint density at radius 2 is 1.72 bits per heavy atom. The van der Waals surface area contributed by atoms with Gasteiger partial charge < -0.3 is 20.3 Å². The molecule has 2 aromatic rings. The number of hydrogen-bond donors (Lipinski definition) is 3. The molecule has 0 aliphatic heterocycles. The number of methoxy groups -OCH3 is 1. The van der Waals surface area contributed by atoms with E-state index in [1.54, 1.807) is 31.4 Å². The number of halogens is 1. The first-order valence-corrected chi connectivity index (χ1v) is 10.1. The molecular weight excluding hydrogens is 390 g/mol. The lowest BCUT2D eigenvalue weighted by molar-refractivity contribution is -0.883. The number of benzene rings is 2. The average molecular weight is 419 g/mol. The number of ether oxygens (including phenoxy) is 1. The van der Waals surface area contributed by atoms with Crippen molar-refractivity contribution in [1.82, 2.24) is 5.32 Å². The van der Waals surface area contributed by atoms with Gasteiger partial charge in [0.25, 0.3) is 11.8 Å². The first-order chi connectivity index (χ1) is 13.9. The van der Waals surface area contributed by atoms with Gasteiger partial charge >= 0.3 is 0 Å². The topological polar surface area (TPSA) is 71.9 Å². The summed E-state index contributed by atoms with van der Waals surface area (Å²) in [5, 5.41) is 6.52. The van der Waals surface area contributed by atoms with Crippen LogP contribution in [0.1, 0.15) is 31.9 Å². The van der Waals surface area contributed by atoms with Crippen molar-refractivity contribution in [1.29, 1.82) is 0 Å². The second-order valence-electron chi connectivity index (χ2n) is 6.94. The SMILES string of the molecule is CCC[NH+](CC(=O)Nc1ccccc1OC)CC(=O)N[C@H](C)c1ccc(Cl)cc1. The van der Waals surface area contributed by atoms with Crippen molar-refractivity contribution < 1.29 is 19.2 Å². The second kappa shape index (κ2) is 11.4. The Labute approximate surface area is 177 Å². The van der Waals surface area contributed by atoms with Crippen molar-refractivity contribution >= 4 is 29.1 Å². The maximum Gasteiger partial charge on any atom is 0.279 e. The number of quaternary nitrogens is 1. The summed E-state index contributed by atoms with van der Waals surface area (Å²) < 4.78 is 5.26. The van der Waals surface area contributed by atoms with E-state index in [4.69, 9.17) is 16.3 Å². The Morgan fingerprint density at radius 1 is 1.07 bits per heavy atom. The third-order valence-electron chi connectivity index (χ3n) is 4.55. The lowest BCUT2D eigenvalue weighted by Gasteiger charge is -2.20. The van der Waals surface area contributed by atoms with Gasteiger partial charge in [-0.1, -0.05) is 42.8 Å². The van der Waals surface area contributed by atoms with Gasteiger partial charge in [0.05, 0.1) is 25.4 Å². The van der Waals surface area contributed by atoms with Crippen molar-refractivity contribution in [3.63, 3.8) is 0 Å². The Balaban J connectivity index is 1.91. The van der Waals surface area contributed by atoms with E-state index in [-0.39, 0.29) is 30.9 Å². The van der Waals surface area contributed by atoms with E-state index in [9.17, 15) is 9.59 Å². The Bertz CT molecular complexity index is 811. The molecule has 0 spiro atoms. The van der Waals surface area contributed by atoms with E-state index in [2.05, 4.69) is 10.6 Å². The van der Waals surface area contributed by atoms with Gasteiger partial charge in [0.15, 0.2) is 13.1 Å². The fraction of sp³-hybridized carbons (Fsp3) is 0.364. The number of carbonyl (C=O) groups excluding carboxylic acids is 2. The zero-order valence-electron chi connectivity index (χ0n) is 17.1. The molecule has 2 rings (SSSR count). The van der Waals surface area contributed by atoms with Gasteiger partial charge in [-0.3, -0.25) is 9.59 Å². The summed E-state index contributed by atoms with van der Waals surface area (Å²) in [5.74, 6) is 0.352. The molecule has 156 valence electrons. The average Bonchev–Trinajstić information content (AvgIpc) is 2.68. The summed E-state index contributed by atoms with van der Waals surface area (Å²) in [7, 11) is 1.56. The first-order valence-electron chi connectivity index (χ1n) is 9.74. The first kappa shape index (κ1) is 22.7. The second-order valence-corrected chi connectivity index (χ2v) is 7.38. The third-order valence-corrected chi connectivity index (χ3v) is 4.81. The smallest absolute Gasteiger partial charge is 0.279 e. The summed E-state index contributed by atoms with van der Waals surface area (Å²) in [6.45, 7) is 5.11. The molecule has 0 aromatic heterocycles. The van der Waals surface area contributed by atoms with E-state index in [1.165, 1.54) is 0 Å². The highest BCUT2D eigenvalue weighted by molar-refractivity contribution is 6.30. The molecule has 0 radical (unpaired) electrons. The number of carbonyl (C=O) groups is 2. The molecule has 0 aliphatic rings. The van der Waals surface area contributed by atoms with Crippen LogP contribution in [0, 0.1) is 0 Å². The van der Waals surface area contributed by atoms with Crippen molar-refractivity contribution in [2.24, 2.45) is 0 Å². The molecular formula is C22H29ClN3O3+. The predicted octanol–water partition coefficient (Wildman–Crippen LogP) is 2.46. The van der Waals surface area contributed by atoms with E-state index in [0.717, 1.165) is 23.4 Å². The minimum absolute atomic E-state index is 0.0963. The predicted molar refractivity (Wildman–Crippen MR) is 115 cm³/mol. The van der Waals surface area contributed by atoms with Crippen molar-refractivity contribution in [2.45, 2.75) is 26.3 Å². The zero-order valence-corrected chi connectivity index (χ0v) is 17.9. The van der Waals surface area contributed by atoms with Crippen molar-refractivity contribution in [3.05, 3.63) is 59.1 Å². The fourth-order valence-corrected chi connectivity index (χ4v) is 3.24. The van der Waals surface area contributed by atoms with Crippen LogP contribution in [0.25, 0.3) is 0 Å². The van der Waals surface area contributed by atoms with Crippen LogP contribution in [0.3, 0.4) is 0 Å². The molecule has 0 saturated carbocycles. The van der Waals surface area contributed by atoms with E-state index >= 15 is 0 Å². The highest BCUT2D eigenvalue weighted by Crippen LogP contribution is 2.22. The summed E-state index contributed by atoms with van der Waals surface area (Å²) in [6.07, 6.45) is 0.872. The molecule has 0 heterocycles. The number of amides is 2. The van der Waals surface area contributed by atoms with Gasteiger partial charge in [0, 0.05) is 5.02 Å². The van der Waals surface area contributed by atoms with E-state index in [0.29, 0.717) is 16.5 Å². The van der Waals surface area contributed by atoms with Gasteiger partial charge in [0.1, 0.15) is 5.75 Å². The highest BCUT2D eigenvalue weighted by atomic mass is 35.5. The summed E-state index contributed by atoms with van der Waals surface area (Å²) in [4.78, 5) is 25.9. The standard InChI is InChI=1S/C22H28ClN3O3/c1-4-13-26(15-22(28)25-19-7-5-6-8-20(19)29-3)14-21(27)24-16(2)17-9-11-18(23)12-10-17/h5-12,16H,4,13-15H2,1-3H3,(H,24,27)(H,25,28)/p+1/t16-/m1/s1. The number of hydrogen-bond acceptors (Lipinski definition) is 3.